The van der Waals surface area contributed by atoms with Crippen molar-refractivity contribution in [2.75, 3.05) is 0 Å². The van der Waals surface area contributed by atoms with Gasteiger partial charge in [-0.1, -0.05) is 36.4 Å². The van der Waals surface area contributed by atoms with Gasteiger partial charge in [0.25, 0.3) is 5.91 Å². The van der Waals surface area contributed by atoms with Crippen LogP contribution in [0.25, 0.3) is 0 Å². The summed E-state index contributed by atoms with van der Waals surface area (Å²) < 4.78 is 13.4. The molecule has 3 nitrogen and oxygen atoms in total. The van der Waals surface area contributed by atoms with Gasteiger partial charge in [-0.2, -0.15) is 5.10 Å². The molecule has 0 atom stereocenters. The number of nitrogens with zero attached hydrogens (tertiary/aromatic N) is 1. The van der Waals surface area contributed by atoms with Gasteiger partial charge in [0.05, 0.1) is 11.3 Å². The molecule has 2 rings (SSSR count). The molecule has 0 aromatic heterocycles. The molecule has 2 aromatic rings. The van der Waals surface area contributed by atoms with Crippen LogP contribution in [0.3, 0.4) is 0 Å². The van der Waals surface area contributed by atoms with Gasteiger partial charge in [0, 0.05) is 5.56 Å². The van der Waals surface area contributed by atoms with Crippen LogP contribution in [0.2, 0.25) is 0 Å². The highest BCUT2D eigenvalue weighted by Gasteiger charge is 2.10. The molecular weight excluding hydrogens is 255 g/mol. The minimum atomic E-state index is -0.561. The summed E-state index contributed by atoms with van der Waals surface area (Å²) >= 11 is 0. The lowest BCUT2D eigenvalue weighted by Crippen LogP contribution is -2.20. The number of aryl methyl sites for hydroxylation is 1. The second-order valence-electron chi connectivity index (χ2n) is 4.43. The summed E-state index contributed by atoms with van der Waals surface area (Å²) in [6, 6.07) is 13.5. The van der Waals surface area contributed by atoms with Crippen molar-refractivity contribution in [2.45, 2.75) is 13.8 Å². The molecule has 0 aliphatic carbocycles. The van der Waals surface area contributed by atoms with Crippen LogP contribution in [-0.2, 0) is 0 Å². The second-order valence-corrected chi connectivity index (χ2v) is 4.43. The molecule has 0 fully saturated rings. The number of amides is 1. The van der Waals surface area contributed by atoms with Gasteiger partial charge < -0.3 is 0 Å². The van der Waals surface area contributed by atoms with E-state index in [2.05, 4.69) is 10.5 Å². The first kappa shape index (κ1) is 13.9. The molecule has 0 heterocycles. The van der Waals surface area contributed by atoms with Crippen molar-refractivity contribution in [1.82, 2.24) is 5.43 Å². The molecule has 1 N–H and O–H groups in total. The van der Waals surface area contributed by atoms with Gasteiger partial charge in [-0.25, -0.2) is 9.82 Å². The molecule has 0 saturated heterocycles. The zero-order valence-corrected chi connectivity index (χ0v) is 11.4. The van der Waals surface area contributed by atoms with Crippen LogP contribution in [0.5, 0.6) is 0 Å². The second kappa shape index (κ2) is 6.10. The maximum absolute atomic E-state index is 13.4. The molecule has 0 saturated carbocycles. The van der Waals surface area contributed by atoms with Crippen LogP contribution in [0, 0.1) is 12.7 Å². The smallest absolute Gasteiger partial charge is 0.267 e. The van der Waals surface area contributed by atoms with E-state index in [1.165, 1.54) is 18.2 Å². The highest BCUT2D eigenvalue weighted by molar-refractivity contribution is 6.01. The van der Waals surface area contributed by atoms with E-state index in [0.29, 0.717) is 5.71 Å². The normalized spacial score (nSPS) is 11.2. The summed E-state index contributed by atoms with van der Waals surface area (Å²) in [6.07, 6.45) is 0. The Labute approximate surface area is 117 Å². The number of hydrogen-bond acceptors (Lipinski definition) is 2. The molecule has 0 bridgehead atoms. The number of halogens is 1. The Morgan fingerprint density at radius 3 is 2.30 bits per heavy atom. The monoisotopic (exact) mass is 270 g/mol. The number of hydrogen-bond donors (Lipinski definition) is 1. The average Bonchev–Trinajstić information content (AvgIpc) is 2.45. The van der Waals surface area contributed by atoms with E-state index in [4.69, 9.17) is 0 Å². The molecule has 0 radical (unpaired) electrons. The molecule has 2 aromatic carbocycles. The standard InChI is InChI=1S/C16H15FN2O/c1-11-7-3-4-8-13(11)12(2)18-19-16(20)14-9-5-6-10-15(14)17/h3-10H,1-2H3,(H,19,20)/b18-12-. The SMILES string of the molecule is C/C(=N/NC(=O)c1ccccc1F)c1ccccc1C. The first-order valence-corrected chi connectivity index (χ1v) is 6.25. The Morgan fingerprint density at radius 2 is 1.65 bits per heavy atom. The fraction of sp³-hybridized carbons (Fsp3) is 0.125. The third-order valence-electron chi connectivity index (χ3n) is 2.98. The highest BCUT2D eigenvalue weighted by Crippen LogP contribution is 2.09. The van der Waals surface area contributed by atoms with Gasteiger partial charge in [0.15, 0.2) is 0 Å². The average molecular weight is 270 g/mol. The van der Waals surface area contributed by atoms with Crippen molar-refractivity contribution < 1.29 is 9.18 Å². The van der Waals surface area contributed by atoms with Gasteiger partial charge >= 0.3 is 0 Å². The van der Waals surface area contributed by atoms with E-state index < -0.39 is 11.7 Å². The van der Waals surface area contributed by atoms with Gasteiger partial charge in [-0.15, -0.1) is 0 Å². The quantitative estimate of drug-likeness (QED) is 0.675. The van der Waals surface area contributed by atoms with Gasteiger partial charge in [0.1, 0.15) is 5.82 Å². The van der Waals surface area contributed by atoms with Crippen molar-refractivity contribution in [2.24, 2.45) is 5.10 Å². The lowest BCUT2D eigenvalue weighted by Gasteiger charge is -2.06. The van der Waals surface area contributed by atoms with Gasteiger partial charge in [-0.05, 0) is 31.5 Å². The lowest BCUT2D eigenvalue weighted by molar-refractivity contribution is 0.0951. The Kier molecular flexibility index (Phi) is 4.25. The van der Waals surface area contributed by atoms with Crippen molar-refractivity contribution in [1.29, 1.82) is 0 Å². The molecular formula is C16H15FN2O. The first-order valence-electron chi connectivity index (χ1n) is 6.25. The summed E-state index contributed by atoms with van der Waals surface area (Å²) in [5.74, 6) is -1.12. The number of benzene rings is 2. The van der Waals surface area contributed by atoms with E-state index in [-0.39, 0.29) is 5.56 Å². The number of nitrogens with one attached hydrogen (secondary N) is 1. The van der Waals surface area contributed by atoms with Crippen LogP contribution in [0.15, 0.2) is 53.6 Å². The number of hydrazone groups is 1. The van der Waals surface area contributed by atoms with E-state index in [1.54, 1.807) is 13.0 Å². The Balaban J connectivity index is 2.16. The van der Waals surface area contributed by atoms with E-state index in [1.807, 2.05) is 31.2 Å². The number of rotatable bonds is 3. The Morgan fingerprint density at radius 1 is 1.05 bits per heavy atom. The maximum Gasteiger partial charge on any atom is 0.274 e. The lowest BCUT2D eigenvalue weighted by atomic mass is 10.1. The largest absolute Gasteiger partial charge is 0.274 e. The summed E-state index contributed by atoms with van der Waals surface area (Å²) in [5, 5.41) is 4.02. The summed E-state index contributed by atoms with van der Waals surface area (Å²) in [6.45, 7) is 3.76. The van der Waals surface area contributed by atoms with Crippen molar-refractivity contribution in [3.63, 3.8) is 0 Å². The first-order chi connectivity index (χ1) is 9.59. The Bertz CT molecular complexity index is 665. The molecule has 102 valence electrons. The minimum Gasteiger partial charge on any atom is -0.267 e. The third kappa shape index (κ3) is 3.09. The van der Waals surface area contributed by atoms with E-state index in [0.717, 1.165) is 11.1 Å². The van der Waals surface area contributed by atoms with Crippen molar-refractivity contribution in [3.8, 4) is 0 Å². The molecule has 0 aliphatic heterocycles. The summed E-state index contributed by atoms with van der Waals surface area (Å²) in [5.41, 5.74) is 5.04. The Hall–Kier alpha value is -2.49. The summed E-state index contributed by atoms with van der Waals surface area (Å²) in [4.78, 5) is 11.8. The molecule has 0 spiro atoms. The molecule has 4 heteroatoms. The van der Waals surface area contributed by atoms with Crippen LogP contribution in [0.1, 0.15) is 28.4 Å². The van der Waals surface area contributed by atoms with Crippen LogP contribution in [-0.4, -0.2) is 11.6 Å². The third-order valence-corrected chi connectivity index (χ3v) is 2.98. The fourth-order valence-electron chi connectivity index (χ4n) is 1.88. The number of carbonyl (C=O) groups excluding carboxylic acids is 1. The predicted molar refractivity (Wildman–Crippen MR) is 77.3 cm³/mol. The molecule has 20 heavy (non-hydrogen) atoms. The zero-order chi connectivity index (χ0) is 14.5. The van der Waals surface area contributed by atoms with Gasteiger partial charge in [0.2, 0.25) is 0 Å². The van der Waals surface area contributed by atoms with E-state index in [9.17, 15) is 9.18 Å². The van der Waals surface area contributed by atoms with Crippen LogP contribution in [0.4, 0.5) is 4.39 Å². The van der Waals surface area contributed by atoms with E-state index >= 15 is 0 Å². The van der Waals surface area contributed by atoms with Gasteiger partial charge in [-0.3, -0.25) is 4.79 Å². The molecule has 0 aliphatic rings. The minimum absolute atomic E-state index is 0.0196. The molecule has 1 amide bonds. The topological polar surface area (TPSA) is 41.5 Å². The maximum atomic E-state index is 13.4. The fourth-order valence-corrected chi connectivity index (χ4v) is 1.88. The van der Waals surface area contributed by atoms with Crippen LogP contribution >= 0.6 is 0 Å². The zero-order valence-electron chi connectivity index (χ0n) is 11.4. The number of carbonyl (C=O) groups is 1. The van der Waals surface area contributed by atoms with Crippen LogP contribution < -0.4 is 5.43 Å². The molecule has 0 unspecified atom stereocenters. The van der Waals surface area contributed by atoms with Crippen molar-refractivity contribution >= 4 is 11.6 Å². The highest BCUT2D eigenvalue weighted by atomic mass is 19.1. The summed E-state index contributed by atoms with van der Waals surface area (Å²) in [7, 11) is 0. The van der Waals surface area contributed by atoms with Crippen molar-refractivity contribution in [3.05, 3.63) is 71.0 Å². The predicted octanol–water partition coefficient (Wildman–Crippen LogP) is 3.29.